The number of hydrogen-bond donors (Lipinski definition) is 1. The van der Waals surface area contributed by atoms with Gasteiger partial charge in [0, 0.05) is 17.8 Å². The lowest BCUT2D eigenvalue weighted by Crippen LogP contribution is -1.90. The molecule has 1 N–H and O–H groups in total. The van der Waals surface area contributed by atoms with Crippen LogP contribution in [0, 0.1) is 0 Å². The highest BCUT2D eigenvalue weighted by atomic mass is 16.1. The Morgan fingerprint density at radius 3 is 3.18 bits per heavy atom. The molecule has 0 saturated heterocycles. The van der Waals surface area contributed by atoms with Crippen LogP contribution in [0.15, 0.2) is 18.2 Å². The third-order valence-corrected chi connectivity index (χ3v) is 2.03. The zero-order chi connectivity index (χ0) is 7.68. The number of rotatable bonds is 1. The first kappa shape index (κ1) is 6.40. The van der Waals surface area contributed by atoms with Gasteiger partial charge in [-0.25, -0.2) is 0 Å². The predicted octanol–water partition coefficient (Wildman–Crippen LogP) is 1.47. The Hall–Kier alpha value is -1.31. The summed E-state index contributed by atoms with van der Waals surface area (Å²) in [7, 11) is 0. The molecule has 1 heterocycles. The van der Waals surface area contributed by atoms with Gasteiger partial charge in [0.05, 0.1) is 0 Å². The van der Waals surface area contributed by atoms with Gasteiger partial charge in [-0.1, -0.05) is 12.1 Å². The molecule has 0 aromatic heterocycles. The van der Waals surface area contributed by atoms with Gasteiger partial charge in [0.1, 0.15) is 6.29 Å². The molecule has 0 atom stereocenters. The van der Waals surface area contributed by atoms with E-state index in [-0.39, 0.29) is 0 Å². The number of anilines is 1. The van der Waals surface area contributed by atoms with Crippen molar-refractivity contribution in [3.8, 4) is 0 Å². The fraction of sp³-hybridized carbons (Fsp3) is 0.222. The van der Waals surface area contributed by atoms with Crippen molar-refractivity contribution in [3.05, 3.63) is 29.3 Å². The number of carbonyl (C=O) groups excluding carboxylic acids is 1. The van der Waals surface area contributed by atoms with E-state index in [1.165, 1.54) is 5.56 Å². The number of hydrogen-bond acceptors (Lipinski definition) is 2. The van der Waals surface area contributed by atoms with Gasteiger partial charge in [-0.15, -0.1) is 0 Å². The monoisotopic (exact) mass is 147 g/mol. The summed E-state index contributed by atoms with van der Waals surface area (Å²) in [6.07, 6.45) is 1.90. The van der Waals surface area contributed by atoms with Crippen molar-refractivity contribution in [1.29, 1.82) is 0 Å². The zero-order valence-corrected chi connectivity index (χ0v) is 6.13. The van der Waals surface area contributed by atoms with Gasteiger partial charge < -0.3 is 5.32 Å². The second-order valence-electron chi connectivity index (χ2n) is 2.67. The second-order valence-corrected chi connectivity index (χ2v) is 2.67. The van der Waals surface area contributed by atoms with Crippen LogP contribution < -0.4 is 5.32 Å². The number of benzene rings is 1. The normalized spacial score (nSPS) is 13.8. The molecule has 0 amide bonds. The van der Waals surface area contributed by atoms with Crippen LogP contribution >= 0.6 is 0 Å². The number of fused-ring (bicyclic) bond motifs is 1. The van der Waals surface area contributed by atoms with E-state index in [4.69, 9.17) is 0 Å². The molecule has 2 heteroatoms. The van der Waals surface area contributed by atoms with E-state index in [0.717, 1.165) is 30.5 Å². The van der Waals surface area contributed by atoms with E-state index in [0.29, 0.717) is 0 Å². The van der Waals surface area contributed by atoms with E-state index in [2.05, 4.69) is 5.32 Å². The standard InChI is InChI=1S/C9H9NO/c11-6-7-2-1-3-9-8(7)4-5-10-9/h1-3,6,10H,4-5H2. The molecule has 0 aliphatic carbocycles. The number of nitrogens with one attached hydrogen (secondary N) is 1. The average molecular weight is 147 g/mol. The first-order valence-corrected chi connectivity index (χ1v) is 3.73. The van der Waals surface area contributed by atoms with Gasteiger partial charge in [-0.3, -0.25) is 4.79 Å². The quantitative estimate of drug-likeness (QED) is 0.609. The minimum atomic E-state index is 0.826. The molecule has 1 aliphatic rings. The van der Waals surface area contributed by atoms with Crippen molar-refractivity contribution >= 4 is 12.0 Å². The van der Waals surface area contributed by atoms with Gasteiger partial charge in [0.15, 0.2) is 0 Å². The lowest BCUT2D eigenvalue weighted by molar-refractivity contribution is 0.112. The lowest BCUT2D eigenvalue weighted by atomic mass is 10.1. The number of aldehydes is 1. The third-order valence-electron chi connectivity index (χ3n) is 2.03. The van der Waals surface area contributed by atoms with Gasteiger partial charge in [0.25, 0.3) is 0 Å². The van der Waals surface area contributed by atoms with Crippen molar-refractivity contribution < 1.29 is 4.79 Å². The second kappa shape index (κ2) is 2.38. The first-order chi connectivity index (χ1) is 5.42. The van der Waals surface area contributed by atoms with Crippen LogP contribution in [0.1, 0.15) is 15.9 Å². The summed E-state index contributed by atoms with van der Waals surface area (Å²) in [4.78, 5) is 10.5. The number of carbonyl (C=O) groups is 1. The summed E-state index contributed by atoms with van der Waals surface area (Å²) < 4.78 is 0. The van der Waals surface area contributed by atoms with Crippen LogP contribution in [0.3, 0.4) is 0 Å². The van der Waals surface area contributed by atoms with Crippen LogP contribution in [-0.2, 0) is 6.42 Å². The maximum Gasteiger partial charge on any atom is 0.150 e. The molecule has 2 nitrogen and oxygen atoms in total. The minimum absolute atomic E-state index is 0.826. The molecule has 2 rings (SSSR count). The van der Waals surface area contributed by atoms with Crippen LogP contribution in [0.2, 0.25) is 0 Å². The van der Waals surface area contributed by atoms with E-state index in [1.54, 1.807) is 0 Å². The SMILES string of the molecule is O=Cc1cccc2c1CCN2. The molecule has 0 saturated carbocycles. The fourth-order valence-electron chi connectivity index (χ4n) is 1.48. The first-order valence-electron chi connectivity index (χ1n) is 3.73. The molecule has 11 heavy (non-hydrogen) atoms. The van der Waals surface area contributed by atoms with Gasteiger partial charge in [-0.2, -0.15) is 0 Å². The molecular formula is C9H9NO. The van der Waals surface area contributed by atoms with Crippen molar-refractivity contribution in [2.45, 2.75) is 6.42 Å². The molecule has 1 aromatic rings. The van der Waals surface area contributed by atoms with Crippen LogP contribution in [0.4, 0.5) is 5.69 Å². The van der Waals surface area contributed by atoms with Gasteiger partial charge in [-0.05, 0) is 18.1 Å². The van der Waals surface area contributed by atoms with Crippen molar-refractivity contribution in [1.82, 2.24) is 0 Å². The molecule has 0 unspecified atom stereocenters. The van der Waals surface area contributed by atoms with E-state index >= 15 is 0 Å². The van der Waals surface area contributed by atoms with E-state index in [9.17, 15) is 4.79 Å². The summed E-state index contributed by atoms with van der Waals surface area (Å²) in [5.41, 5.74) is 3.12. The highest BCUT2D eigenvalue weighted by molar-refractivity contribution is 5.81. The Kier molecular flexibility index (Phi) is 1.39. The Morgan fingerprint density at radius 1 is 1.45 bits per heavy atom. The summed E-state index contributed by atoms with van der Waals surface area (Å²) >= 11 is 0. The van der Waals surface area contributed by atoms with E-state index < -0.39 is 0 Å². The zero-order valence-electron chi connectivity index (χ0n) is 6.13. The molecule has 0 spiro atoms. The van der Waals surface area contributed by atoms with Crippen molar-refractivity contribution in [3.63, 3.8) is 0 Å². The minimum Gasteiger partial charge on any atom is -0.384 e. The Morgan fingerprint density at radius 2 is 2.36 bits per heavy atom. The van der Waals surface area contributed by atoms with Crippen molar-refractivity contribution in [2.75, 3.05) is 11.9 Å². The van der Waals surface area contributed by atoms with Crippen LogP contribution in [-0.4, -0.2) is 12.8 Å². The molecule has 0 radical (unpaired) electrons. The Bertz CT molecular complexity index is 294. The topological polar surface area (TPSA) is 29.1 Å². The molecule has 1 aliphatic heterocycles. The molecule has 56 valence electrons. The average Bonchev–Trinajstić information content (AvgIpc) is 2.50. The highest BCUT2D eigenvalue weighted by Crippen LogP contribution is 2.23. The molecule has 0 fully saturated rings. The van der Waals surface area contributed by atoms with Gasteiger partial charge in [0.2, 0.25) is 0 Å². The summed E-state index contributed by atoms with van der Waals surface area (Å²) in [5.74, 6) is 0. The largest absolute Gasteiger partial charge is 0.384 e. The molecule has 1 aromatic carbocycles. The van der Waals surface area contributed by atoms with Gasteiger partial charge >= 0.3 is 0 Å². The van der Waals surface area contributed by atoms with Crippen LogP contribution in [0.5, 0.6) is 0 Å². The van der Waals surface area contributed by atoms with E-state index in [1.807, 2.05) is 18.2 Å². The lowest BCUT2D eigenvalue weighted by Gasteiger charge is -1.99. The fourth-order valence-corrected chi connectivity index (χ4v) is 1.48. The maximum absolute atomic E-state index is 10.5. The van der Waals surface area contributed by atoms with Crippen molar-refractivity contribution in [2.24, 2.45) is 0 Å². The maximum atomic E-state index is 10.5. The summed E-state index contributed by atoms with van der Waals surface area (Å²) in [6, 6.07) is 5.77. The Labute approximate surface area is 65.2 Å². The Balaban J connectivity index is 2.58. The molecule has 0 bridgehead atoms. The predicted molar refractivity (Wildman–Crippen MR) is 44.0 cm³/mol. The third kappa shape index (κ3) is 0.909. The smallest absolute Gasteiger partial charge is 0.150 e. The summed E-state index contributed by atoms with van der Waals surface area (Å²) in [5, 5.41) is 3.22. The summed E-state index contributed by atoms with van der Waals surface area (Å²) in [6.45, 7) is 0.959. The van der Waals surface area contributed by atoms with Crippen LogP contribution in [0.25, 0.3) is 0 Å². The highest BCUT2D eigenvalue weighted by Gasteiger charge is 2.12. The molecular weight excluding hydrogens is 138 g/mol.